The van der Waals surface area contributed by atoms with Crippen LogP contribution in [-0.2, 0) is 18.3 Å². The highest BCUT2D eigenvalue weighted by Gasteiger charge is 2.22. The molecule has 0 bridgehead atoms. The van der Waals surface area contributed by atoms with Crippen LogP contribution in [0.15, 0.2) is 47.2 Å². The Labute approximate surface area is 140 Å². The van der Waals surface area contributed by atoms with Gasteiger partial charge in [-0.05, 0) is 19.4 Å². The Morgan fingerprint density at radius 3 is 2.62 bits per heavy atom. The van der Waals surface area contributed by atoms with Gasteiger partial charge in [0, 0.05) is 25.0 Å². The maximum atomic E-state index is 12.6. The van der Waals surface area contributed by atoms with Crippen molar-refractivity contribution in [3.8, 4) is 0 Å². The monoisotopic (exact) mass is 324 g/mol. The van der Waals surface area contributed by atoms with Crippen LogP contribution in [0.25, 0.3) is 0 Å². The fourth-order valence-corrected chi connectivity index (χ4v) is 2.72. The largest absolute Gasteiger partial charge is 0.361 e. The third-order valence-corrected chi connectivity index (χ3v) is 4.07. The predicted molar refractivity (Wildman–Crippen MR) is 89.3 cm³/mol. The molecule has 2 aromatic heterocycles. The van der Waals surface area contributed by atoms with Crippen LogP contribution in [0.1, 0.15) is 34.4 Å². The average Bonchev–Trinajstić information content (AvgIpc) is 3.14. The Morgan fingerprint density at radius 2 is 2.04 bits per heavy atom. The minimum atomic E-state index is -0.306. The molecule has 1 aromatic carbocycles. The highest BCUT2D eigenvalue weighted by atomic mass is 16.5. The van der Waals surface area contributed by atoms with E-state index in [2.05, 4.69) is 15.5 Å². The molecular weight excluding hydrogens is 304 g/mol. The molecule has 24 heavy (non-hydrogen) atoms. The number of benzene rings is 1. The molecule has 1 amide bonds. The summed E-state index contributed by atoms with van der Waals surface area (Å²) in [7, 11) is 1.92. The van der Waals surface area contributed by atoms with Crippen LogP contribution in [-0.4, -0.2) is 20.6 Å². The van der Waals surface area contributed by atoms with Crippen LogP contribution in [0.2, 0.25) is 0 Å². The number of amides is 1. The zero-order valence-electron chi connectivity index (χ0n) is 14.0. The highest BCUT2D eigenvalue weighted by molar-refractivity contribution is 5.79. The van der Waals surface area contributed by atoms with Gasteiger partial charge in [-0.3, -0.25) is 4.79 Å². The lowest BCUT2D eigenvalue weighted by Gasteiger charge is -2.19. The Bertz CT molecular complexity index is 816. The first-order valence-electron chi connectivity index (χ1n) is 7.79. The first kappa shape index (κ1) is 16.0. The molecule has 3 aromatic rings. The number of hydrogen-bond donors (Lipinski definition) is 1. The van der Waals surface area contributed by atoms with Gasteiger partial charge in [-0.2, -0.15) is 0 Å². The second-order valence-electron chi connectivity index (χ2n) is 5.79. The minimum absolute atomic E-state index is 0.0961. The van der Waals surface area contributed by atoms with Crippen LogP contribution >= 0.6 is 0 Å². The Morgan fingerprint density at radius 1 is 1.29 bits per heavy atom. The van der Waals surface area contributed by atoms with Gasteiger partial charge < -0.3 is 14.4 Å². The van der Waals surface area contributed by atoms with Crippen molar-refractivity contribution >= 4 is 5.91 Å². The van der Waals surface area contributed by atoms with Crippen molar-refractivity contribution in [1.82, 2.24) is 20.0 Å². The second-order valence-corrected chi connectivity index (χ2v) is 5.79. The maximum absolute atomic E-state index is 12.6. The molecule has 6 nitrogen and oxygen atoms in total. The van der Waals surface area contributed by atoms with E-state index in [0.29, 0.717) is 5.76 Å². The summed E-state index contributed by atoms with van der Waals surface area (Å²) in [5.74, 6) is 1.37. The number of aryl methyl sites for hydroxylation is 3. The van der Waals surface area contributed by atoms with Crippen molar-refractivity contribution < 1.29 is 9.32 Å². The molecule has 0 spiro atoms. The van der Waals surface area contributed by atoms with Gasteiger partial charge in [0.1, 0.15) is 17.6 Å². The molecule has 0 aliphatic rings. The number of nitrogens with zero attached hydrogens (tertiary/aromatic N) is 3. The molecule has 0 aliphatic heterocycles. The third-order valence-electron chi connectivity index (χ3n) is 4.07. The molecule has 1 atom stereocenters. The van der Waals surface area contributed by atoms with E-state index >= 15 is 0 Å². The SMILES string of the molecule is Cc1noc(C)c1CC(=O)N[C@H](c1ccccc1)c1nccn1C. The number of hydrogen-bond acceptors (Lipinski definition) is 4. The number of carbonyl (C=O) groups excluding carboxylic acids is 1. The molecule has 0 radical (unpaired) electrons. The van der Waals surface area contributed by atoms with E-state index in [4.69, 9.17) is 4.52 Å². The lowest BCUT2D eigenvalue weighted by atomic mass is 10.0. The molecular formula is C18H20N4O2. The Kier molecular flexibility index (Phi) is 4.46. The van der Waals surface area contributed by atoms with Gasteiger partial charge in [0.15, 0.2) is 0 Å². The van der Waals surface area contributed by atoms with Crippen molar-refractivity contribution in [2.24, 2.45) is 7.05 Å². The third kappa shape index (κ3) is 3.22. The number of aromatic nitrogens is 3. The summed E-state index contributed by atoms with van der Waals surface area (Å²) in [6.07, 6.45) is 3.83. The van der Waals surface area contributed by atoms with Crippen molar-refractivity contribution in [3.63, 3.8) is 0 Å². The summed E-state index contributed by atoms with van der Waals surface area (Å²) in [6.45, 7) is 3.66. The summed E-state index contributed by atoms with van der Waals surface area (Å²) >= 11 is 0. The normalized spacial score (nSPS) is 12.1. The minimum Gasteiger partial charge on any atom is -0.361 e. The fourth-order valence-electron chi connectivity index (χ4n) is 2.72. The lowest BCUT2D eigenvalue weighted by Crippen LogP contribution is -2.32. The van der Waals surface area contributed by atoms with E-state index in [9.17, 15) is 4.79 Å². The quantitative estimate of drug-likeness (QED) is 0.782. The zero-order chi connectivity index (χ0) is 17.1. The van der Waals surface area contributed by atoms with Gasteiger partial charge in [0.05, 0.1) is 12.1 Å². The smallest absolute Gasteiger partial charge is 0.225 e. The molecule has 0 saturated carbocycles. The van der Waals surface area contributed by atoms with E-state index in [1.54, 1.807) is 6.20 Å². The van der Waals surface area contributed by atoms with Gasteiger partial charge in [-0.1, -0.05) is 35.5 Å². The molecule has 124 valence electrons. The second kappa shape index (κ2) is 6.70. The van der Waals surface area contributed by atoms with Gasteiger partial charge in [0.25, 0.3) is 0 Å². The van der Waals surface area contributed by atoms with E-state index in [0.717, 1.165) is 22.6 Å². The topological polar surface area (TPSA) is 73.0 Å². The molecule has 0 aliphatic carbocycles. The Hall–Kier alpha value is -2.89. The molecule has 2 heterocycles. The van der Waals surface area contributed by atoms with Gasteiger partial charge in [-0.25, -0.2) is 4.98 Å². The number of nitrogens with one attached hydrogen (secondary N) is 1. The molecule has 6 heteroatoms. The summed E-state index contributed by atoms with van der Waals surface area (Å²) in [5.41, 5.74) is 2.56. The van der Waals surface area contributed by atoms with E-state index in [-0.39, 0.29) is 18.4 Å². The average molecular weight is 324 g/mol. The zero-order valence-corrected chi connectivity index (χ0v) is 14.0. The first-order chi connectivity index (χ1) is 11.6. The molecule has 0 fully saturated rings. The van der Waals surface area contributed by atoms with Crippen LogP contribution in [0, 0.1) is 13.8 Å². The summed E-state index contributed by atoms with van der Waals surface area (Å²) in [6, 6.07) is 9.51. The maximum Gasteiger partial charge on any atom is 0.225 e. The number of carbonyl (C=O) groups is 1. The number of imidazole rings is 1. The fraction of sp³-hybridized carbons (Fsp3) is 0.278. The lowest BCUT2D eigenvalue weighted by molar-refractivity contribution is -0.121. The summed E-state index contributed by atoms with van der Waals surface area (Å²) in [4.78, 5) is 17.0. The summed E-state index contributed by atoms with van der Waals surface area (Å²) < 4.78 is 7.04. The Balaban J connectivity index is 1.85. The van der Waals surface area contributed by atoms with Crippen molar-refractivity contribution in [2.75, 3.05) is 0 Å². The van der Waals surface area contributed by atoms with E-state index < -0.39 is 0 Å². The van der Waals surface area contributed by atoms with Gasteiger partial charge in [-0.15, -0.1) is 0 Å². The number of rotatable bonds is 5. The van der Waals surface area contributed by atoms with Crippen LogP contribution < -0.4 is 5.32 Å². The molecule has 0 saturated heterocycles. The van der Waals surface area contributed by atoms with Crippen LogP contribution in [0.5, 0.6) is 0 Å². The molecule has 0 unspecified atom stereocenters. The van der Waals surface area contributed by atoms with Crippen molar-refractivity contribution in [1.29, 1.82) is 0 Å². The van der Waals surface area contributed by atoms with Crippen molar-refractivity contribution in [2.45, 2.75) is 26.3 Å². The van der Waals surface area contributed by atoms with Crippen molar-refractivity contribution in [3.05, 3.63) is 71.1 Å². The highest BCUT2D eigenvalue weighted by Crippen LogP contribution is 2.21. The molecule has 1 N–H and O–H groups in total. The van der Waals surface area contributed by atoms with Crippen LogP contribution in [0.4, 0.5) is 0 Å². The van der Waals surface area contributed by atoms with E-state index in [1.807, 2.05) is 62.0 Å². The van der Waals surface area contributed by atoms with Gasteiger partial charge in [0.2, 0.25) is 5.91 Å². The van der Waals surface area contributed by atoms with Crippen LogP contribution in [0.3, 0.4) is 0 Å². The standard InChI is InChI=1S/C18H20N4O2/c1-12-15(13(2)24-21-12)11-16(23)20-17(14-7-5-4-6-8-14)18-19-9-10-22(18)3/h4-10,17H,11H2,1-3H3,(H,20,23)/t17-/m1/s1. The first-order valence-corrected chi connectivity index (χ1v) is 7.79. The van der Waals surface area contributed by atoms with Gasteiger partial charge >= 0.3 is 0 Å². The summed E-state index contributed by atoms with van der Waals surface area (Å²) in [5, 5.41) is 6.98. The predicted octanol–water partition coefficient (Wildman–Crippen LogP) is 2.47. The molecule has 3 rings (SSSR count). The van der Waals surface area contributed by atoms with E-state index in [1.165, 1.54) is 0 Å².